The Hall–Kier alpha value is -2.02. The third-order valence-corrected chi connectivity index (χ3v) is 2.79. The molecule has 0 saturated carbocycles. The van der Waals surface area contributed by atoms with E-state index in [-0.39, 0.29) is 12.1 Å². The van der Waals surface area contributed by atoms with Gasteiger partial charge in [0.2, 0.25) is 0 Å². The Morgan fingerprint density at radius 3 is 2.78 bits per heavy atom. The summed E-state index contributed by atoms with van der Waals surface area (Å²) < 4.78 is 13.2. The number of β-amino-alcohol motifs (C(OH)–C–C–N with tert-alkyl or cyclic N) is 1. The van der Waals surface area contributed by atoms with Crippen molar-refractivity contribution in [1.82, 2.24) is 4.90 Å². The molecular weight excluding hydrogens is 243 g/mol. The van der Waals surface area contributed by atoms with Gasteiger partial charge in [0.15, 0.2) is 0 Å². The lowest BCUT2D eigenvalue weighted by molar-refractivity contribution is -0.385. The quantitative estimate of drug-likeness (QED) is 0.628. The number of halogens is 1. The molecule has 18 heavy (non-hydrogen) atoms. The first-order valence-corrected chi connectivity index (χ1v) is 5.39. The van der Waals surface area contributed by atoms with Crippen molar-refractivity contribution < 1.29 is 19.2 Å². The van der Waals surface area contributed by atoms with E-state index in [0.29, 0.717) is 13.0 Å². The van der Waals surface area contributed by atoms with E-state index in [1.807, 2.05) is 0 Å². The monoisotopic (exact) mass is 254 g/mol. The zero-order valence-corrected chi connectivity index (χ0v) is 9.38. The van der Waals surface area contributed by atoms with Gasteiger partial charge in [-0.2, -0.15) is 0 Å². The molecule has 0 radical (unpaired) electrons. The molecule has 1 aliphatic rings. The second-order valence-electron chi connectivity index (χ2n) is 4.15. The molecular formula is C11H11FN2O4. The summed E-state index contributed by atoms with van der Waals surface area (Å²) in [5.41, 5.74) is -0.533. The van der Waals surface area contributed by atoms with E-state index in [4.69, 9.17) is 0 Å². The molecule has 96 valence electrons. The number of hydrogen-bond acceptors (Lipinski definition) is 4. The van der Waals surface area contributed by atoms with Crippen LogP contribution < -0.4 is 0 Å². The van der Waals surface area contributed by atoms with Gasteiger partial charge < -0.3 is 10.0 Å². The number of amides is 1. The van der Waals surface area contributed by atoms with Crippen LogP contribution in [-0.2, 0) is 0 Å². The maximum atomic E-state index is 13.2. The van der Waals surface area contributed by atoms with Crippen molar-refractivity contribution in [2.45, 2.75) is 12.5 Å². The van der Waals surface area contributed by atoms with Crippen LogP contribution in [-0.4, -0.2) is 40.0 Å². The number of likely N-dealkylation sites (tertiary alicyclic amines) is 1. The number of nitro benzene ring substituents is 1. The van der Waals surface area contributed by atoms with E-state index in [0.717, 1.165) is 18.2 Å². The number of non-ortho nitro benzene ring substituents is 1. The molecule has 1 aliphatic heterocycles. The van der Waals surface area contributed by atoms with Crippen molar-refractivity contribution in [3.8, 4) is 0 Å². The molecule has 1 amide bonds. The summed E-state index contributed by atoms with van der Waals surface area (Å²) in [6.07, 6.45) is -0.124. The summed E-state index contributed by atoms with van der Waals surface area (Å²) in [6, 6.07) is 2.76. The predicted octanol–water partition coefficient (Wildman–Crippen LogP) is 0.941. The van der Waals surface area contributed by atoms with Crippen LogP contribution in [0, 0.1) is 15.9 Å². The van der Waals surface area contributed by atoms with Crippen molar-refractivity contribution in [3.63, 3.8) is 0 Å². The van der Waals surface area contributed by atoms with Crippen LogP contribution in [0.2, 0.25) is 0 Å². The van der Waals surface area contributed by atoms with Crippen molar-refractivity contribution in [2.24, 2.45) is 0 Å². The van der Waals surface area contributed by atoms with Gasteiger partial charge in [-0.15, -0.1) is 0 Å². The van der Waals surface area contributed by atoms with Crippen LogP contribution in [0.25, 0.3) is 0 Å². The third kappa shape index (κ3) is 2.45. The number of hydrogen-bond donors (Lipinski definition) is 1. The Balaban J connectivity index is 2.27. The maximum Gasteiger partial charge on any atom is 0.273 e. The summed E-state index contributed by atoms with van der Waals surface area (Å²) >= 11 is 0. The number of aliphatic hydroxyl groups excluding tert-OH is 1. The molecule has 1 saturated heterocycles. The average molecular weight is 254 g/mol. The van der Waals surface area contributed by atoms with E-state index in [2.05, 4.69) is 0 Å². The standard InChI is InChI=1S/C11H11FN2O4/c12-8-3-7(4-9(5-8)14(17)18)11(16)13-2-1-10(15)6-13/h3-5,10,15H,1-2,6H2/t10-/m0/s1. The minimum atomic E-state index is -0.827. The zero-order chi connectivity index (χ0) is 13.3. The van der Waals surface area contributed by atoms with Crippen molar-refractivity contribution >= 4 is 11.6 Å². The number of rotatable bonds is 2. The first kappa shape index (κ1) is 12.4. The van der Waals surface area contributed by atoms with Gasteiger partial charge in [0.1, 0.15) is 5.82 Å². The van der Waals surface area contributed by atoms with Crippen molar-refractivity contribution in [2.75, 3.05) is 13.1 Å². The maximum absolute atomic E-state index is 13.2. The van der Waals surface area contributed by atoms with Gasteiger partial charge in [-0.3, -0.25) is 14.9 Å². The summed E-state index contributed by atoms with van der Waals surface area (Å²) in [4.78, 5) is 23.1. The van der Waals surface area contributed by atoms with E-state index in [1.54, 1.807) is 0 Å². The molecule has 1 aromatic carbocycles. The summed E-state index contributed by atoms with van der Waals surface area (Å²) in [7, 11) is 0. The predicted molar refractivity (Wildman–Crippen MR) is 59.6 cm³/mol. The fourth-order valence-corrected chi connectivity index (χ4v) is 1.91. The Labute approximate surface area is 102 Å². The molecule has 0 unspecified atom stereocenters. The van der Waals surface area contributed by atoms with Gasteiger partial charge in [-0.25, -0.2) is 4.39 Å². The smallest absolute Gasteiger partial charge is 0.273 e. The van der Waals surface area contributed by atoms with Crippen LogP contribution in [0.15, 0.2) is 18.2 Å². The fourth-order valence-electron chi connectivity index (χ4n) is 1.91. The van der Waals surface area contributed by atoms with Crippen LogP contribution in [0.3, 0.4) is 0 Å². The van der Waals surface area contributed by atoms with Gasteiger partial charge in [0.25, 0.3) is 11.6 Å². The van der Waals surface area contributed by atoms with Gasteiger partial charge in [0.05, 0.1) is 17.1 Å². The molecule has 2 rings (SSSR count). The highest BCUT2D eigenvalue weighted by atomic mass is 19.1. The van der Waals surface area contributed by atoms with E-state index < -0.39 is 28.4 Å². The highest BCUT2D eigenvalue weighted by molar-refractivity contribution is 5.95. The van der Waals surface area contributed by atoms with Crippen LogP contribution in [0.1, 0.15) is 16.8 Å². The minimum absolute atomic E-state index is 0.0733. The lowest BCUT2D eigenvalue weighted by atomic mass is 10.1. The summed E-state index contributed by atoms with van der Waals surface area (Å²) in [5, 5.41) is 19.9. The minimum Gasteiger partial charge on any atom is -0.391 e. The van der Waals surface area contributed by atoms with Gasteiger partial charge in [0, 0.05) is 24.7 Å². The Morgan fingerprint density at radius 1 is 1.50 bits per heavy atom. The third-order valence-electron chi connectivity index (χ3n) is 2.79. The SMILES string of the molecule is O=C(c1cc(F)cc([N+](=O)[O-])c1)N1CC[C@H](O)C1. The van der Waals surface area contributed by atoms with Crippen LogP contribution in [0.5, 0.6) is 0 Å². The highest BCUT2D eigenvalue weighted by Crippen LogP contribution is 2.19. The number of aliphatic hydroxyl groups is 1. The van der Waals surface area contributed by atoms with E-state index in [9.17, 15) is 24.4 Å². The number of benzene rings is 1. The Morgan fingerprint density at radius 2 is 2.22 bits per heavy atom. The lowest BCUT2D eigenvalue weighted by Gasteiger charge is -2.15. The molecule has 0 aliphatic carbocycles. The van der Waals surface area contributed by atoms with E-state index >= 15 is 0 Å². The Bertz CT molecular complexity index is 506. The fraction of sp³-hybridized carbons (Fsp3) is 0.364. The Kier molecular flexibility index (Phi) is 3.24. The molecule has 1 aromatic rings. The second kappa shape index (κ2) is 4.69. The zero-order valence-electron chi connectivity index (χ0n) is 9.38. The van der Waals surface area contributed by atoms with Crippen molar-refractivity contribution in [1.29, 1.82) is 0 Å². The number of carbonyl (C=O) groups excluding carboxylic acids is 1. The average Bonchev–Trinajstić information content (AvgIpc) is 2.74. The first-order chi connectivity index (χ1) is 8.47. The van der Waals surface area contributed by atoms with Gasteiger partial charge >= 0.3 is 0 Å². The van der Waals surface area contributed by atoms with Crippen LogP contribution in [0.4, 0.5) is 10.1 Å². The molecule has 1 atom stereocenters. The second-order valence-corrected chi connectivity index (χ2v) is 4.15. The topological polar surface area (TPSA) is 83.7 Å². The number of nitrogens with zero attached hydrogens (tertiary/aromatic N) is 2. The largest absolute Gasteiger partial charge is 0.391 e. The highest BCUT2D eigenvalue weighted by Gasteiger charge is 2.26. The summed E-state index contributed by atoms with van der Waals surface area (Å²) in [5.74, 6) is -1.33. The van der Waals surface area contributed by atoms with Gasteiger partial charge in [-0.05, 0) is 12.5 Å². The lowest BCUT2D eigenvalue weighted by Crippen LogP contribution is -2.29. The normalized spacial score (nSPS) is 19.0. The molecule has 0 aromatic heterocycles. The molecule has 1 N–H and O–H groups in total. The van der Waals surface area contributed by atoms with Gasteiger partial charge in [-0.1, -0.05) is 0 Å². The molecule has 1 fully saturated rings. The molecule has 0 bridgehead atoms. The number of nitro groups is 1. The van der Waals surface area contributed by atoms with Crippen molar-refractivity contribution in [3.05, 3.63) is 39.7 Å². The van der Waals surface area contributed by atoms with Crippen LogP contribution >= 0.6 is 0 Å². The molecule has 6 nitrogen and oxygen atoms in total. The summed E-state index contributed by atoms with van der Waals surface area (Å²) in [6.45, 7) is 0.535. The molecule has 0 spiro atoms. The molecule has 7 heteroatoms. The molecule has 1 heterocycles. The number of carbonyl (C=O) groups is 1. The van der Waals surface area contributed by atoms with E-state index in [1.165, 1.54) is 4.90 Å². The first-order valence-electron chi connectivity index (χ1n) is 5.39.